The minimum atomic E-state index is -1.31. The van der Waals surface area contributed by atoms with Gasteiger partial charge >= 0.3 is 5.97 Å². The van der Waals surface area contributed by atoms with Gasteiger partial charge in [-0.05, 0) is 11.5 Å². The number of carboxylic acids is 1. The summed E-state index contributed by atoms with van der Waals surface area (Å²) in [7, 11) is 0. The maximum Gasteiger partial charge on any atom is 0.342 e. The Hall–Kier alpha value is -3.15. The van der Waals surface area contributed by atoms with Crippen LogP contribution in [0, 0.1) is 0 Å². The summed E-state index contributed by atoms with van der Waals surface area (Å²) in [5.41, 5.74) is -1.09. The Labute approximate surface area is 125 Å². The molecule has 0 saturated heterocycles. The zero-order valence-corrected chi connectivity index (χ0v) is 11.4. The molecule has 3 aromatic rings. The van der Waals surface area contributed by atoms with E-state index in [0.717, 1.165) is 17.0 Å². The van der Waals surface area contributed by atoms with Gasteiger partial charge in [0.25, 0.3) is 5.56 Å². The highest BCUT2D eigenvalue weighted by Crippen LogP contribution is 2.25. The number of nitrogens with zero attached hydrogens (tertiary/aromatic N) is 1. The van der Waals surface area contributed by atoms with Crippen molar-refractivity contribution in [2.45, 2.75) is 6.61 Å². The number of aromatic amines is 1. The van der Waals surface area contributed by atoms with Gasteiger partial charge in [-0.25, -0.2) is 9.78 Å². The molecule has 6 nitrogen and oxygen atoms in total. The predicted octanol–water partition coefficient (Wildman–Crippen LogP) is 2.20. The summed E-state index contributed by atoms with van der Waals surface area (Å²) < 4.78 is 5.68. The van der Waals surface area contributed by atoms with Crippen molar-refractivity contribution in [1.82, 2.24) is 9.97 Å². The van der Waals surface area contributed by atoms with Crippen LogP contribution in [0.2, 0.25) is 0 Å². The van der Waals surface area contributed by atoms with Crippen LogP contribution < -0.4 is 10.3 Å². The van der Waals surface area contributed by atoms with Crippen LogP contribution in [0.1, 0.15) is 16.2 Å². The molecular weight excluding hydrogens is 284 g/mol. The van der Waals surface area contributed by atoms with E-state index in [9.17, 15) is 9.59 Å². The lowest BCUT2D eigenvalue weighted by molar-refractivity contribution is 0.0694. The summed E-state index contributed by atoms with van der Waals surface area (Å²) in [6, 6.07) is 13.4. The Morgan fingerprint density at radius 1 is 1.18 bits per heavy atom. The molecule has 0 radical (unpaired) electrons. The first-order valence-electron chi connectivity index (χ1n) is 6.57. The molecule has 0 fully saturated rings. The van der Waals surface area contributed by atoms with Crippen molar-refractivity contribution >= 4 is 16.7 Å². The third kappa shape index (κ3) is 2.67. The molecule has 0 bridgehead atoms. The van der Waals surface area contributed by atoms with E-state index < -0.39 is 17.1 Å². The molecule has 1 aromatic heterocycles. The quantitative estimate of drug-likeness (QED) is 0.770. The Morgan fingerprint density at radius 3 is 2.73 bits per heavy atom. The second-order valence-corrected chi connectivity index (χ2v) is 4.64. The minimum absolute atomic E-state index is 0.0448. The third-order valence-electron chi connectivity index (χ3n) is 3.20. The Balaban J connectivity index is 1.84. The number of hydrogen-bond donors (Lipinski definition) is 2. The SMILES string of the molecule is O=C(O)c1cnc(COc2cccc3ccccc23)[nH]c1=O. The van der Waals surface area contributed by atoms with Crippen LogP contribution in [-0.4, -0.2) is 21.0 Å². The standard InChI is InChI=1S/C16H12N2O4/c19-15-12(16(20)21)8-17-14(18-15)9-22-13-7-3-5-10-4-1-2-6-11(10)13/h1-8H,9H2,(H,20,21)(H,17,18,19). The molecule has 2 N–H and O–H groups in total. The minimum Gasteiger partial charge on any atom is -0.485 e. The van der Waals surface area contributed by atoms with Crippen LogP contribution >= 0.6 is 0 Å². The number of carboxylic acid groups (broad SMARTS) is 1. The highest BCUT2D eigenvalue weighted by atomic mass is 16.5. The van der Waals surface area contributed by atoms with E-state index in [2.05, 4.69) is 9.97 Å². The smallest absolute Gasteiger partial charge is 0.342 e. The zero-order chi connectivity index (χ0) is 15.5. The van der Waals surface area contributed by atoms with Crippen LogP contribution in [0.3, 0.4) is 0 Å². The summed E-state index contributed by atoms with van der Waals surface area (Å²) in [4.78, 5) is 28.6. The summed E-state index contributed by atoms with van der Waals surface area (Å²) in [6.07, 6.45) is 1.03. The average Bonchev–Trinajstić information content (AvgIpc) is 2.52. The number of rotatable bonds is 4. The Bertz CT molecular complexity index is 897. The molecule has 0 saturated carbocycles. The van der Waals surface area contributed by atoms with Gasteiger partial charge in [0.05, 0.1) is 0 Å². The number of ether oxygens (including phenoxy) is 1. The largest absolute Gasteiger partial charge is 0.485 e. The van der Waals surface area contributed by atoms with E-state index in [1.54, 1.807) is 0 Å². The first kappa shape index (κ1) is 13.8. The van der Waals surface area contributed by atoms with Crippen molar-refractivity contribution in [1.29, 1.82) is 0 Å². The van der Waals surface area contributed by atoms with Crippen molar-refractivity contribution in [2.24, 2.45) is 0 Å². The number of benzene rings is 2. The van der Waals surface area contributed by atoms with Crippen molar-refractivity contribution in [3.8, 4) is 5.75 Å². The second-order valence-electron chi connectivity index (χ2n) is 4.64. The third-order valence-corrected chi connectivity index (χ3v) is 3.20. The number of hydrogen-bond acceptors (Lipinski definition) is 4. The first-order chi connectivity index (χ1) is 10.6. The molecule has 0 unspecified atom stereocenters. The molecular formula is C16H12N2O4. The number of aromatic nitrogens is 2. The second kappa shape index (κ2) is 5.69. The van der Waals surface area contributed by atoms with Crippen molar-refractivity contribution in [3.05, 3.63) is 70.4 Å². The number of aromatic carboxylic acids is 1. The summed E-state index contributed by atoms with van der Waals surface area (Å²) >= 11 is 0. The first-order valence-corrected chi connectivity index (χ1v) is 6.57. The van der Waals surface area contributed by atoms with Gasteiger partial charge in [0, 0.05) is 11.6 Å². The summed E-state index contributed by atoms with van der Waals surface area (Å²) in [5.74, 6) is -0.374. The summed E-state index contributed by atoms with van der Waals surface area (Å²) in [6.45, 7) is 0.0448. The maximum atomic E-state index is 11.6. The molecule has 0 amide bonds. The van der Waals surface area contributed by atoms with E-state index >= 15 is 0 Å². The van der Waals surface area contributed by atoms with E-state index in [1.807, 2.05) is 42.5 Å². The van der Waals surface area contributed by atoms with Gasteiger partial charge < -0.3 is 14.8 Å². The van der Waals surface area contributed by atoms with Crippen molar-refractivity contribution in [2.75, 3.05) is 0 Å². The fourth-order valence-corrected chi connectivity index (χ4v) is 2.13. The monoisotopic (exact) mass is 296 g/mol. The van der Waals surface area contributed by atoms with Gasteiger partial charge in [-0.3, -0.25) is 4.79 Å². The van der Waals surface area contributed by atoms with Gasteiger partial charge in [0.1, 0.15) is 23.7 Å². The molecule has 3 rings (SSSR count). The fourth-order valence-electron chi connectivity index (χ4n) is 2.13. The normalized spacial score (nSPS) is 10.5. The van der Waals surface area contributed by atoms with E-state index in [-0.39, 0.29) is 12.4 Å². The highest BCUT2D eigenvalue weighted by Gasteiger charge is 2.10. The molecule has 22 heavy (non-hydrogen) atoms. The van der Waals surface area contributed by atoms with Crippen molar-refractivity contribution < 1.29 is 14.6 Å². The zero-order valence-electron chi connectivity index (χ0n) is 11.4. The summed E-state index contributed by atoms with van der Waals surface area (Å²) in [5, 5.41) is 10.8. The fraction of sp³-hybridized carbons (Fsp3) is 0.0625. The van der Waals surface area contributed by atoms with Crippen molar-refractivity contribution in [3.63, 3.8) is 0 Å². The van der Waals surface area contributed by atoms with Gasteiger partial charge in [-0.15, -0.1) is 0 Å². The molecule has 0 spiro atoms. The van der Waals surface area contributed by atoms with Crippen LogP contribution in [0.4, 0.5) is 0 Å². The number of nitrogens with one attached hydrogen (secondary N) is 1. The predicted molar refractivity (Wildman–Crippen MR) is 80.1 cm³/mol. The molecule has 0 atom stereocenters. The highest BCUT2D eigenvalue weighted by molar-refractivity contribution is 5.88. The molecule has 110 valence electrons. The van der Waals surface area contributed by atoms with E-state index in [0.29, 0.717) is 5.75 Å². The number of carbonyl (C=O) groups is 1. The average molecular weight is 296 g/mol. The molecule has 0 aliphatic carbocycles. The van der Waals surface area contributed by atoms with E-state index in [4.69, 9.17) is 9.84 Å². The Kier molecular flexibility index (Phi) is 3.57. The van der Waals surface area contributed by atoms with Crippen LogP contribution in [0.5, 0.6) is 5.75 Å². The lowest BCUT2D eigenvalue weighted by atomic mass is 10.1. The topological polar surface area (TPSA) is 92.3 Å². The van der Waals surface area contributed by atoms with Gasteiger partial charge in [-0.2, -0.15) is 0 Å². The van der Waals surface area contributed by atoms with Gasteiger partial charge in [0.15, 0.2) is 0 Å². The van der Waals surface area contributed by atoms with E-state index in [1.165, 1.54) is 0 Å². The molecule has 0 aliphatic heterocycles. The van der Waals surface area contributed by atoms with Crippen LogP contribution in [0.15, 0.2) is 53.5 Å². The van der Waals surface area contributed by atoms with Crippen LogP contribution in [0.25, 0.3) is 10.8 Å². The van der Waals surface area contributed by atoms with Crippen LogP contribution in [-0.2, 0) is 6.61 Å². The Morgan fingerprint density at radius 2 is 1.95 bits per heavy atom. The lowest BCUT2D eigenvalue weighted by Gasteiger charge is -2.08. The molecule has 6 heteroatoms. The number of H-pyrrole nitrogens is 1. The molecule has 1 heterocycles. The lowest BCUT2D eigenvalue weighted by Crippen LogP contribution is -2.20. The molecule has 0 aliphatic rings. The number of fused-ring (bicyclic) bond motifs is 1. The molecule has 2 aromatic carbocycles. The van der Waals surface area contributed by atoms with Gasteiger partial charge in [0.2, 0.25) is 0 Å². The van der Waals surface area contributed by atoms with Gasteiger partial charge in [-0.1, -0.05) is 36.4 Å². The maximum absolute atomic E-state index is 11.6.